The summed E-state index contributed by atoms with van der Waals surface area (Å²) in [7, 11) is -4.14. The van der Waals surface area contributed by atoms with E-state index in [1.165, 1.54) is 6.08 Å². The van der Waals surface area contributed by atoms with Crippen LogP contribution in [0.2, 0.25) is 0 Å². The molecule has 1 N–H and O–H groups in total. The molecule has 1 aliphatic heterocycles. The van der Waals surface area contributed by atoms with Crippen LogP contribution in [0.3, 0.4) is 0 Å². The summed E-state index contributed by atoms with van der Waals surface area (Å²) in [6.07, 6.45) is -1.62. The molecule has 0 bridgehead atoms. The van der Waals surface area contributed by atoms with Crippen molar-refractivity contribution in [3.63, 3.8) is 0 Å². The Hall–Kier alpha value is -2.59. The molecule has 1 aromatic rings. The number of ether oxygens (including phenoxy) is 3. The number of sulfonamides is 1. The molecule has 2 rings (SSSR count). The molecule has 10 heteroatoms. The Balaban J connectivity index is 2.27. The number of benzene rings is 1. The number of nitrogens with one attached hydrogen (secondary N) is 1. The van der Waals surface area contributed by atoms with Crippen LogP contribution in [0.5, 0.6) is 0 Å². The fourth-order valence-corrected chi connectivity index (χ4v) is 4.07. The zero-order valence-electron chi connectivity index (χ0n) is 18.4. The van der Waals surface area contributed by atoms with Gasteiger partial charge < -0.3 is 19.5 Å². The molecule has 1 aromatic carbocycles. The lowest BCUT2D eigenvalue weighted by Gasteiger charge is -2.37. The number of hydrogen-bond donors (Lipinski definition) is 1. The summed E-state index contributed by atoms with van der Waals surface area (Å²) in [6, 6.07) is 7.96. The van der Waals surface area contributed by atoms with Gasteiger partial charge in [0, 0.05) is 6.04 Å². The van der Waals surface area contributed by atoms with Crippen molar-refractivity contribution in [1.29, 1.82) is 0 Å². The summed E-state index contributed by atoms with van der Waals surface area (Å²) in [5, 5.41) is 3.41. The van der Waals surface area contributed by atoms with E-state index in [1.54, 1.807) is 34.6 Å². The first-order valence-electron chi connectivity index (χ1n) is 9.93. The third-order valence-corrected chi connectivity index (χ3v) is 5.49. The van der Waals surface area contributed by atoms with Gasteiger partial charge >= 0.3 is 12.2 Å². The second kappa shape index (κ2) is 10.1. The van der Waals surface area contributed by atoms with Gasteiger partial charge in [0.2, 0.25) is 0 Å². The normalized spacial score (nSPS) is 20.4. The van der Waals surface area contributed by atoms with E-state index < -0.39 is 40.0 Å². The lowest BCUT2D eigenvalue weighted by atomic mass is 10.1. The highest BCUT2D eigenvalue weighted by atomic mass is 32.2. The fraction of sp³-hybridized carbons (Fsp3) is 0.524. The van der Waals surface area contributed by atoms with E-state index in [1.807, 2.05) is 30.3 Å². The van der Waals surface area contributed by atoms with E-state index in [2.05, 4.69) is 5.32 Å². The van der Waals surface area contributed by atoms with Gasteiger partial charge in [-0.05, 0) is 46.3 Å². The summed E-state index contributed by atoms with van der Waals surface area (Å²) in [5.41, 5.74) is -0.0512. The molecule has 0 radical (unpaired) electrons. The van der Waals surface area contributed by atoms with Crippen molar-refractivity contribution >= 4 is 22.2 Å². The number of alkyl carbamates (subject to hydrolysis) is 1. The monoisotopic (exact) mass is 454 g/mol. The summed E-state index contributed by atoms with van der Waals surface area (Å²) in [5.74, 6) is 0. The van der Waals surface area contributed by atoms with Gasteiger partial charge in [0.1, 0.15) is 17.7 Å². The Bertz CT molecular complexity index is 892. The zero-order valence-corrected chi connectivity index (χ0v) is 19.2. The molecule has 0 aromatic heterocycles. The Morgan fingerprint density at radius 2 is 1.81 bits per heavy atom. The van der Waals surface area contributed by atoms with Crippen LogP contribution in [-0.4, -0.2) is 55.3 Å². The number of hydrogen-bond acceptors (Lipinski definition) is 7. The zero-order chi connectivity index (χ0) is 23.2. The van der Waals surface area contributed by atoms with E-state index >= 15 is 0 Å². The predicted octanol–water partition coefficient (Wildman–Crippen LogP) is 3.17. The van der Waals surface area contributed by atoms with Gasteiger partial charge in [-0.25, -0.2) is 18.0 Å². The van der Waals surface area contributed by atoms with Crippen LogP contribution in [0, 0.1) is 0 Å². The molecule has 0 fully saturated rings. The first kappa shape index (κ1) is 24.7. The summed E-state index contributed by atoms with van der Waals surface area (Å²) in [4.78, 5) is 24.9. The molecule has 9 nitrogen and oxygen atoms in total. The van der Waals surface area contributed by atoms with Crippen LogP contribution in [-0.2, 0) is 30.8 Å². The Labute approximate surface area is 183 Å². The minimum atomic E-state index is -4.14. The van der Waals surface area contributed by atoms with Crippen molar-refractivity contribution in [2.45, 2.75) is 65.0 Å². The highest BCUT2D eigenvalue weighted by Crippen LogP contribution is 2.25. The van der Waals surface area contributed by atoms with Crippen LogP contribution in [0.15, 0.2) is 41.8 Å². The topological polar surface area (TPSA) is 111 Å². The fourth-order valence-electron chi connectivity index (χ4n) is 2.78. The molecule has 0 saturated heterocycles. The van der Waals surface area contributed by atoms with Crippen molar-refractivity contribution in [2.24, 2.45) is 0 Å². The molecule has 172 valence electrons. The second-order valence-electron chi connectivity index (χ2n) is 8.39. The van der Waals surface area contributed by atoms with Crippen molar-refractivity contribution < 1.29 is 32.2 Å². The Morgan fingerprint density at radius 3 is 2.39 bits per heavy atom. The van der Waals surface area contributed by atoms with Gasteiger partial charge in [0.25, 0.3) is 10.0 Å². The van der Waals surface area contributed by atoms with Crippen LogP contribution in [0.4, 0.5) is 9.59 Å². The maximum atomic E-state index is 12.8. The number of amides is 2. The molecule has 2 amide bonds. The van der Waals surface area contributed by atoms with E-state index in [0.717, 1.165) is 11.0 Å². The maximum Gasteiger partial charge on any atom is 0.424 e. The molecular formula is C21H30N2O7S. The molecule has 0 aliphatic carbocycles. The molecule has 1 aliphatic rings. The number of nitrogens with zero attached hydrogens (tertiary/aromatic N) is 1. The van der Waals surface area contributed by atoms with Crippen molar-refractivity contribution in [1.82, 2.24) is 9.62 Å². The molecular weight excluding hydrogens is 424 g/mol. The lowest BCUT2D eigenvalue weighted by molar-refractivity contribution is -0.00550. The highest BCUT2D eigenvalue weighted by Gasteiger charge is 2.44. The molecule has 0 unspecified atom stereocenters. The lowest BCUT2D eigenvalue weighted by Crippen LogP contribution is -2.56. The first-order chi connectivity index (χ1) is 14.4. The quantitative estimate of drug-likeness (QED) is 0.703. The van der Waals surface area contributed by atoms with Crippen LogP contribution in [0.1, 0.15) is 40.2 Å². The third-order valence-electron chi connectivity index (χ3n) is 4.02. The van der Waals surface area contributed by atoms with Gasteiger partial charge in [-0.1, -0.05) is 30.3 Å². The van der Waals surface area contributed by atoms with Crippen molar-refractivity contribution in [3.8, 4) is 0 Å². The minimum absolute atomic E-state index is 0.182. The third kappa shape index (κ3) is 7.55. The highest BCUT2D eigenvalue weighted by molar-refractivity contribution is 7.92. The molecule has 31 heavy (non-hydrogen) atoms. The van der Waals surface area contributed by atoms with Crippen LogP contribution < -0.4 is 5.32 Å². The standard InChI is InChI=1S/C21H30N2O7S/c1-15(2)22-19(24)29-18-11-12-31(26,27)23(20(25)30-21(3,4)5)17(18)14-28-13-16-9-7-6-8-10-16/h6-12,15,17-18H,13-14H2,1-5H3,(H,22,24)/t17-,18+/m0/s1. The summed E-state index contributed by atoms with van der Waals surface area (Å²) < 4.78 is 42.3. The predicted molar refractivity (Wildman–Crippen MR) is 115 cm³/mol. The maximum absolute atomic E-state index is 12.8. The molecule has 0 saturated carbocycles. The van der Waals surface area contributed by atoms with Gasteiger partial charge in [0.05, 0.1) is 18.6 Å². The molecule has 0 spiro atoms. The van der Waals surface area contributed by atoms with E-state index in [-0.39, 0.29) is 19.3 Å². The first-order valence-corrected chi connectivity index (χ1v) is 11.4. The van der Waals surface area contributed by atoms with Gasteiger partial charge in [-0.15, -0.1) is 0 Å². The second-order valence-corrected chi connectivity index (χ2v) is 10.1. The number of carbonyl (C=O) groups excluding carboxylic acids is 2. The van der Waals surface area contributed by atoms with Crippen molar-refractivity contribution in [2.75, 3.05) is 6.61 Å². The Kier molecular flexibility index (Phi) is 8.08. The molecule has 1 heterocycles. The average molecular weight is 455 g/mol. The summed E-state index contributed by atoms with van der Waals surface area (Å²) >= 11 is 0. The molecule has 2 atom stereocenters. The number of rotatable bonds is 6. The van der Waals surface area contributed by atoms with Gasteiger partial charge in [-0.3, -0.25) is 0 Å². The largest absolute Gasteiger partial charge is 0.443 e. The van der Waals surface area contributed by atoms with Gasteiger partial charge in [0.15, 0.2) is 0 Å². The van der Waals surface area contributed by atoms with Gasteiger partial charge in [-0.2, -0.15) is 4.31 Å². The average Bonchev–Trinajstić information content (AvgIpc) is 2.62. The minimum Gasteiger partial charge on any atom is -0.443 e. The van der Waals surface area contributed by atoms with Crippen LogP contribution in [0.25, 0.3) is 0 Å². The van der Waals surface area contributed by atoms with Crippen molar-refractivity contribution in [3.05, 3.63) is 47.4 Å². The smallest absolute Gasteiger partial charge is 0.424 e. The van der Waals surface area contributed by atoms with E-state index in [0.29, 0.717) is 4.31 Å². The van der Waals surface area contributed by atoms with E-state index in [9.17, 15) is 18.0 Å². The number of carbonyl (C=O) groups is 2. The Morgan fingerprint density at radius 1 is 1.16 bits per heavy atom. The van der Waals surface area contributed by atoms with E-state index in [4.69, 9.17) is 14.2 Å². The SMILES string of the molecule is CC(C)NC(=O)O[C@@H]1C=CS(=O)(=O)N(C(=O)OC(C)(C)C)[C@H]1COCc1ccccc1. The summed E-state index contributed by atoms with van der Waals surface area (Å²) in [6.45, 7) is 8.39. The van der Waals surface area contributed by atoms with Crippen LogP contribution >= 0.6 is 0 Å².